The summed E-state index contributed by atoms with van der Waals surface area (Å²) in [4.78, 5) is 0.373. The van der Waals surface area contributed by atoms with Crippen LogP contribution in [0.3, 0.4) is 0 Å². The second-order valence-electron chi connectivity index (χ2n) is 5.22. The van der Waals surface area contributed by atoms with Gasteiger partial charge in [0.25, 0.3) is 0 Å². The first-order chi connectivity index (χ1) is 8.77. The fourth-order valence-electron chi connectivity index (χ4n) is 2.01. The summed E-state index contributed by atoms with van der Waals surface area (Å²) in [6.45, 7) is 7.84. The fraction of sp³-hybridized carbons (Fsp3) is 0.571. The first-order valence-corrected chi connectivity index (χ1v) is 9.04. The van der Waals surface area contributed by atoms with E-state index >= 15 is 0 Å². The molecule has 0 amide bonds. The monoisotopic (exact) mass is 347 g/mol. The van der Waals surface area contributed by atoms with Crippen molar-refractivity contribution < 1.29 is 8.42 Å². The molecule has 1 aromatic rings. The van der Waals surface area contributed by atoms with E-state index in [4.69, 9.17) is 0 Å². The van der Waals surface area contributed by atoms with Crippen molar-refractivity contribution in [1.82, 2.24) is 4.72 Å². The Morgan fingerprint density at radius 2 is 1.89 bits per heavy atom. The van der Waals surface area contributed by atoms with Gasteiger partial charge in [-0.05, 0) is 37.8 Å². The molecule has 1 unspecified atom stereocenters. The van der Waals surface area contributed by atoms with Gasteiger partial charge < -0.3 is 0 Å². The summed E-state index contributed by atoms with van der Waals surface area (Å²) in [5.74, 6) is 0.262. The van der Waals surface area contributed by atoms with Gasteiger partial charge in [0, 0.05) is 11.4 Å². The standard InChI is InChI=1S/C14H22BrNO2S/c1-10(2)13(7-8-15)16-19(17,18)14-6-5-11(3)9-12(14)4/h5-6,9-10,13,16H,7-8H2,1-4H3. The molecule has 0 aliphatic carbocycles. The van der Waals surface area contributed by atoms with Crippen molar-refractivity contribution >= 4 is 26.0 Å². The average molecular weight is 348 g/mol. The zero-order valence-electron chi connectivity index (χ0n) is 11.9. The number of alkyl halides is 1. The van der Waals surface area contributed by atoms with E-state index in [0.717, 1.165) is 22.9 Å². The Kier molecular flexibility index (Phi) is 6.02. The maximum Gasteiger partial charge on any atom is 0.241 e. The van der Waals surface area contributed by atoms with Gasteiger partial charge in [0.15, 0.2) is 0 Å². The van der Waals surface area contributed by atoms with Crippen LogP contribution in [0.1, 0.15) is 31.4 Å². The van der Waals surface area contributed by atoms with Crippen LogP contribution < -0.4 is 4.72 Å². The molecule has 0 aromatic heterocycles. The van der Waals surface area contributed by atoms with E-state index in [-0.39, 0.29) is 12.0 Å². The minimum Gasteiger partial charge on any atom is -0.208 e. The summed E-state index contributed by atoms with van der Waals surface area (Å²) >= 11 is 3.37. The Balaban J connectivity index is 3.03. The smallest absolute Gasteiger partial charge is 0.208 e. The van der Waals surface area contributed by atoms with Gasteiger partial charge in [-0.2, -0.15) is 0 Å². The third-order valence-corrected chi connectivity index (χ3v) is 5.26. The molecule has 0 saturated carbocycles. The Labute approximate surface area is 125 Å². The molecular weight excluding hydrogens is 326 g/mol. The number of sulfonamides is 1. The first-order valence-electron chi connectivity index (χ1n) is 6.43. The molecule has 0 fully saturated rings. The minimum atomic E-state index is -3.44. The number of hydrogen-bond donors (Lipinski definition) is 1. The Hall–Kier alpha value is -0.390. The van der Waals surface area contributed by atoms with Crippen LogP contribution in [0, 0.1) is 19.8 Å². The van der Waals surface area contributed by atoms with Gasteiger partial charge in [0.1, 0.15) is 0 Å². The van der Waals surface area contributed by atoms with E-state index in [9.17, 15) is 8.42 Å². The van der Waals surface area contributed by atoms with Gasteiger partial charge in [0.05, 0.1) is 4.90 Å². The van der Waals surface area contributed by atoms with E-state index in [1.165, 1.54) is 0 Å². The lowest BCUT2D eigenvalue weighted by Gasteiger charge is -2.22. The predicted octanol–water partition coefficient (Wildman–Crippen LogP) is 3.39. The van der Waals surface area contributed by atoms with Gasteiger partial charge in [-0.1, -0.05) is 47.5 Å². The topological polar surface area (TPSA) is 46.2 Å². The molecule has 0 heterocycles. The lowest BCUT2D eigenvalue weighted by molar-refractivity contribution is 0.440. The number of benzene rings is 1. The maximum absolute atomic E-state index is 12.4. The number of rotatable bonds is 6. The number of halogens is 1. The van der Waals surface area contributed by atoms with Crippen molar-refractivity contribution in [2.24, 2.45) is 5.92 Å². The van der Waals surface area contributed by atoms with Crippen molar-refractivity contribution in [3.8, 4) is 0 Å². The summed E-state index contributed by atoms with van der Waals surface area (Å²) in [6.07, 6.45) is 0.780. The van der Waals surface area contributed by atoms with Crippen molar-refractivity contribution in [3.05, 3.63) is 29.3 Å². The van der Waals surface area contributed by atoms with Crippen LogP contribution in [-0.2, 0) is 10.0 Å². The van der Waals surface area contributed by atoms with Gasteiger partial charge in [-0.15, -0.1) is 0 Å². The zero-order chi connectivity index (χ0) is 14.6. The largest absolute Gasteiger partial charge is 0.241 e. The highest BCUT2D eigenvalue weighted by molar-refractivity contribution is 9.09. The Bertz CT molecular complexity index is 526. The van der Waals surface area contributed by atoms with Crippen molar-refractivity contribution in [1.29, 1.82) is 0 Å². The predicted molar refractivity (Wildman–Crippen MR) is 83.3 cm³/mol. The molecule has 0 bridgehead atoms. The molecular formula is C14H22BrNO2S. The van der Waals surface area contributed by atoms with Gasteiger partial charge in [0.2, 0.25) is 10.0 Å². The molecule has 0 spiro atoms. The SMILES string of the molecule is Cc1ccc(S(=O)(=O)NC(CCBr)C(C)C)c(C)c1. The highest BCUT2D eigenvalue weighted by Gasteiger charge is 2.23. The average Bonchev–Trinajstić information content (AvgIpc) is 2.27. The molecule has 0 saturated heterocycles. The molecule has 1 rings (SSSR count). The summed E-state index contributed by atoms with van der Waals surface area (Å²) in [5, 5.41) is 0.783. The number of nitrogens with one attached hydrogen (secondary N) is 1. The highest BCUT2D eigenvalue weighted by Crippen LogP contribution is 2.18. The molecule has 108 valence electrons. The van der Waals surface area contributed by atoms with Crippen LogP contribution in [0.4, 0.5) is 0 Å². The van der Waals surface area contributed by atoms with E-state index in [0.29, 0.717) is 4.90 Å². The highest BCUT2D eigenvalue weighted by atomic mass is 79.9. The van der Waals surface area contributed by atoms with Crippen molar-refractivity contribution in [2.75, 3.05) is 5.33 Å². The Morgan fingerprint density at radius 1 is 1.26 bits per heavy atom. The van der Waals surface area contributed by atoms with E-state index < -0.39 is 10.0 Å². The van der Waals surface area contributed by atoms with Crippen LogP contribution in [0.15, 0.2) is 23.1 Å². The molecule has 0 radical (unpaired) electrons. The van der Waals surface area contributed by atoms with E-state index in [1.807, 2.05) is 39.8 Å². The summed E-state index contributed by atoms with van der Waals surface area (Å²) in [7, 11) is -3.44. The summed E-state index contributed by atoms with van der Waals surface area (Å²) in [5.41, 5.74) is 1.85. The normalized spacial score (nSPS) is 13.8. The third-order valence-electron chi connectivity index (χ3n) is 3.15. The second kappa shape index (κ2) is 6.86. The third kappa shape index (κ3) is 4.58. The molecule has 19 heavy (non-hydrogen) atoms. The van der Waals surface area contributed by atoms with Gasteiger partial charge in [-0.3, -0.25) is 0 Å². The number of aryl methyl sites for hydroxylation is 2. The maximum atomic E-state index is 12.4. The quantitative estimate of drug-likeness (QED) is 0.801. The first kappa shape index (κ1) is 16.7. The zero-order valence-corrected chi connectivity index (χ0v) is 14.3. The van der Waals surface area contributed by atoms with Crippen molar-refractivity contribution in [2.45, 2.75) is 45.1 Å². The number of hydrogen-bond acceptors (Lipinski definition) is 2. The summed E-state index contributed by atoms with van der Waals surface area (Å²) < 4.78 is 27.7. The van der Waals surface area contributed by atoms with E-state index in [1.54, 1.807) is 6.07 Å². The minimum absolute atomic E-state index is 0.0509. The second-order valence-corrected chi connectivity index (χ2v) is 7.69. The van der Waals surface area contributed by atoms with Crippen LogP contribution in [0.2, 0.25) is 0 Å². The van der Waals surface area contributed by atoms with Crippen LogP contribution >= 0.6 is 15.9 Å². The van der Waals surface area contributed by atoms with Gasteiger partial charge >= 0.3 is 0 Å². The van der Waals surface area contributed by atoms with Crippen molar-refractivity contribution in [3.63, 3.8) is 0 Å². The Morgan fingerprint density at radius 3 is 2.37 bits per heavy atom. The lowest BCUT2D eigenvalue weighted by Crippen LogP contribution is -2.39. The molecule has 0 aliphatic rings. The fourth-order valence-corrected chi connectivity index (χ4v) is 4.15. The lowest BCUT2D eigenvalue weighted by atomic mass is 10.0. The summed E-state index contributed by atoms with van der Waals surface area (Å²) in [6, 6.07) is 5.35. The van der Waals surface area contributed by atoms with Crippen LogP contribution in [0.25, 0.3) is 0 Å². The molecule has 1 atom stereocenters. The molecule has 0 aliphatic heterocycles. The van der Waals surface area contributed by atoms with Gasteiger partial charge in [-0.25, -0.2) is 13.1 Å². The molecule has 3 nitrogen and oxygen atoms in total. The van der Waals surface area contributed by atoms with E-state index in [2.05, 4.69) is 20.7 Å². The molecule has 1 N–H and O–H groups in total. The van der Waals surface area contributed by atoms with Crippen LogP contribution in [-0.4, -0.2) is 19.8 Å². The molecule has 5 heteroatoms. The van der Waals surface area contributed by atoms with Crippen LogP contribution in [0.5, 0.6) is 0 Å². The molecule has 1 aromatic carbocycles.